The van der Waals surface area contributed by atoms with Crippen LogP contribution in [-0.4, -0.2) is 101 Å². The molecule has 13 heteroatoms. The number of likely N-dealkylation sites (tertiary alicyclic amines) is 2. The average Bonchev–Trinajstić information content (AvgIpc) is 3.02. The van der Waals surface area contributed by atoms with Gasteiger partial charge in [-0.25, -0.2) is 14.6 Å². The second-order valence-corrected chi connectivity index (χ2v) is 14.6. The Morgan fingerprint density at radius 3 is 2.06 bits per heavy atom. The van der Waals surface area contributed by atoms with Crippen molar-refractivity contribution in [3.8, 4) is 0 Å². The predicted molar refractivity (Wildman–Crippen MR) is 175 cm³/mol. The molecule has 3 saturated heterocycles. The highest BCUT2D eigenvalue weighted by Crippen LogP contribution is 2.29. The van der Waals surface area contributed by atoms with Crippen molar-refractivity contribution >= 4 is 29.9 Å². The highest BCUT2D eigenvalue weighted by atomic mass is 16.6. The number of ketones is 1. The van der Waals surface area contributed by atoms with Crippen LogP contribution < -0.4 is 10.5 Å². The van der Waals surface area contributed by atoms with E-state index in [1.54, 1.807) is 15.9 Å². The van der Waals surface area contributed by atoms with Gasteiger partial charge < -0.3 is 28.9 Å². The Morgan fingerprint density at radius 2 is 1.45 bits per heavy atom. The van der Waals surface area contributed by atoms with E-state index in [4.69, 9.17) is 19.2 Å². The zero-order chi connectivity index (χ0) is 34.2. The zero-order valence-corrected chi connectivity index (χ0v) is 28.8. The molecule has 1 aromatic rings. The summed E-state index contributed by atoms with van der Waals surface area (Å²) in [4.78, 5) is 75.7. The number of hydrogen-bond donors (Lipinski definition) is 1. The van der Waals surface area contributed by atoms with Crippen LogP contribution in [0.1, 0.15) is 110 Å². The molecule has 0 atom stereocenters. The number of piperidine rings is 3. The standard InChI is InChI=1S/C34H53N5O8/c1-33(2,3)46-31(43)38-19-12-25(13-20-38)27(40)23-29(42)45-21-9-14-34(4,5)47-32(44)39-17-10-24(11-18-39)26-22-28(41)36-30(35-26)37-15-7-6-8-16-37/h22,24-25H,6-21,23H2,1-5H3,(H,35,36,41). The SMILES string of the molecule is CC(C)(C)OC(=O)N1CCC(C(=O)CC(=O)OCCCC(C)(C)OC(=O)N2CCC(c3cc(=O)[nH]c(N4CCCCC4)n3)CC2)CC1. The number of nitrogens with one attached hydrogen (secondary N) is 1. The monoisotopic (exact) mass is 659 g/mol. The molecule has 262 valence electrons. The van der Waals surface area contributed by atoms with Crippen molar-refractivity contribution in [3.63, 3.8) is 0 Å². The van der Waals surface area contributed by atoms with Crippen LogP contribution in [0.25, 0.3) is 0 Å². The summed E-state index contributed by atoms with van der Waals surface area (Å²) in [6.45, 7) is 12.9. The molecule has 3 fully saturated rings. The topological polar surface area (TPSA) is 151 Å². The second-order valence-electron chi connectivity index (χ2n) is 14.6. The van der Waals surface area contributed by atoms with E-state index in [0.29, 0.717) is 70.7 Å². The van der Waals surface area contributed by atoms with Crippen LogP contribution in [0.3, 0.4) is 0 Å². The summed E-state index contributed by atoms with van der Waals surface area (Å²) >= 11 is 0. The summed E-state index contributed by atoms with van der Waals surface area (Å²) in [5.74, 6) is -0.280. The number of amides is 2. The molecule has 3 aliphatic rings. The molecule has 0 aromatic carbocycles. The van der Waals surface area contributed by atoms with E-state index in [1.807, 2.05) is 34.6 Å². The fourth-order valence-electron chi connectivity index (χ4n) is 6.37. The van der Waals surface area contributed by atoms with Crippen LogP contribution in [0.4, 0.5) is 15.5 Å². The Morgan fingerprint density at radius 1 is 0.851 bits per heavy atom. The Labute approximate surface area is 277 Å². The Balaban J connectivity index is 1.12. The predicted octanol–water partition coefficient (Wildman–Crippen LogP) is 4.78. The third-order valence-electron chi connectivity index (χ3n) is 9.05. The Kier molecular flexibility index (Phi) is 12.3. The largest absolute Gasteiger partial charge is 0.465 e. The van der Waals surface area contributed by atoms with Crippen molar-refractivity contribution in [2.45, 2.75) is 116 Å². The molecule has 4 rings (SSSR count). The van der Waals surface area contributed by atoms with Gasteiger partial charge in [0.2, 0.25) is 5.95 Å². The third kappa shape index (κ3) is 11.2. The molecule has 13 nitrogen and oxygen atoms in total. The maximum Gasteiger partial charge on any atom is 0.410 e. The average molecular weight is 660 g/mol. The first-order valence-electron chi connectivity index (χ1n) is 17.2. The molecule has 1 aromatic heterocycles. The maximum atomic E-state index is 13.0. The van der Waals surface area contributed by atoms with Crippen molar-refractivity contribution in [1.29, 1.82) is 0 Å². The number of ether oxygens (including phenoxy) is 3. The van der Waals surface area contributed by atoms with Gasteiger partial charge in [0.1, 0.15) is 23.4 Å². The van der Waals surface area contributed by atoms with Crippen molar-refractivity contribution in [2.24, 2.45) is 5.92 Å². The number of hydrogen-bond acceptors (Lipinski definition) is 10. The third-order valence-corrected chi connectivity index (χ3v) is 9.05. The minimum absolute atomic E-state index is 0.101. The van der Waals surface area contributed by atoms with Crippen molar-refractivity contribution in [2.75, 3.05) is 50.8 Å². The fourth-order valence-corrected chi connectivity index (χ4v) is 6.37. The molecular weight excluding hydrogens is 606 g/mol. The van der Waals surface area contributed by atoms with Gasteiger partial charge in [0.25, 0.3) is 5.56 Å². The summed E-state index contributed by atoms with van der Waals surface area (Å²) < 4.78 is 16.5. The summed E-state index contributed by atoms with van der Waals surface area (Å²) in [7, 11) is 0. The minimum atomic E-state index is -0.768. The van der Waals surface area contributed by atoms with Crippen LogP contribution in [0, 0.1) is 5.92 Å². The molecule has 4 heterocycles. The second kappa shape index (κ2) is 16.0. The molecular formula is C34H53N5O8. The lowest BCUT2D eigenvalue weighted by Gasteiger charge is -2.34. The van der Waals surface area contributed by atoms with Gasteiger partial charge in [0, 0.05) is 57.2 Å². The summed E-state index contributed by atoms with van der Waals surface area (Å²) in [6.07, 6.45) is 5.65. The van der Waals surface area contributed by atoms with Crippen LogP contribution in [0.15, 0.2) is 10.9 Å². The molecule has 0 bridgehead atoms. The van der Waals surface area contributed by atoms with Gasteiger partial charge >= 0.3 is 18.2 Å². The highest BCUT2D eigenvalue weighted by molar-refractivity contribution is 5.96. The van der Waals surface area contributed by atoms with Crippen molar-refractivity contribution < 1.29 is 33.4 Å². The lowest BCUT2D eigenvalue weighted by Crippen LogP contribution is -2.43. The van der Waals surface area contributed by atoms with E-state index in [-0.39, 0.29) is 48.4 Å². The summed E-state index contributed by atoms with van der Waals surface area (Å²) in [5, 5.41) is 0. The number of aromatic amines is 1. The van der Waals surface area contributed by atoms with E-state index in [9.17, 15) is 24.0 Å². The lowest BCUT2D eigenvalue weighted by molar-refractivity contribution is -0.147. The Hall–Kier alpha value is -3.64. The number of H-pyrrole nitrogens is 1. The number of aromatic nitrogens is 2. The molecule has 0 unspecified atom stereocenters. The zero-order valence-electron chi connectivity index (χ0n) is 28.8. The molecule has 0 saturated carbocycles. The first-order valence-corrected chi connectivity index (χ1v) is 17.2. The van der Waals surface area contributed by atoms with Gasteiger partial charge in [-0.1, -0.05) is 0 Å². The molecule has 0 aliphatic carbocycles. The van der Waals surface area contributed by atoms with E-state index in [1.165, 1.54) is 6.42 Å². The number of esters is 1. The normalized spacial score (nSPS) is 18.5. The minimum Gasteiger partial charge on any atom is -0.465 e. The number of rotatable bonds is 10. The van der Waals surface area contributed by atoms with Gasteiger partial charge in [-0.15, -0.1) is 0 Å². The van der Waals surface area contributed by atoms with Gasteiger partial charge in [-0.3, -0.25) is 19.4 Å². The molecule has 2 amide bonds. The van der Waals surface area contributed by atoms with Gasteiger partial charge in [-0.2, -0.15) is 0 Å². The van der Waals surface area contributed by atoms with Crippen LogP contribution in [0.5, 0.6) is 0 Å². The van der Waals surface area contributed by atoms with Crippen molar-refractivity contribution in [1.82, 2.24) is 19.8 Å². The van der Waals surface area contributed by atoms with E-state index in [0.717, 1.165) is 31.6 Å². The summed E-state index contributed by atoms with van der Waals surface area (Å²) in [5.41, 5.74) is -0.711. The smallest absolute Gasteiger partial charge is 0.410 e. The Bertz CT molecular complexity index is 1300. The number of carbonyl (C=O) groups excluding carboxylic acids is 4. The maximum absolute atomic E-state index is 13.0. The van der Waals surface area contributed by atoms with E-state index in [2.05, 4.69) is 9.88 Å². The first kappa shape index (κ1) is 36.2. The van der Waals surface area contributed by atoms with E-state index >= 15 is 0 Å². The fraction of sp³-hybridized carbons (Fsp3) is 0.765. The summed E-state index contributed by atoms with van der Waals surface area (Å²) in [6, 6.07) is 1.58. The van der Waals surface area contributed by atoms with Crippen molar-refractivity contribution in [3.05, 3.63) is 22.1 Å². The molecule has 3 aliphatic heterocycles. The van der Waals surface area contributed by atoms with E-state index < -0.39 is 17.2 Å². The van der Waals surface area contributed by atoms with Gasteiger partial charge in [-0.05, 0) is 92.4 Å². The van der Waals surface area contributed by atoms with Crippen LogP contribution >= 0.6 is 0 Å². The molecule has 0 spiro atoms. The molecule has 1 N–H and O–H groups in total. The van der Waals surface area contributed by atoms with Crippen LogP contribution in [-0.2, 0) is 23.8 Å². The number of carbonyl (C=O) groups is 4. The number of Topliss-reactive ketones (excluding diaryl/α,β-unsaturated/α-hetero) is 1. The number of nitrogens with zero attached hydrogens (tertiary/aromatic N) is 4. The first-order chi connectivity index (χ1) is 22.2. The van der Waals surface area contributed by atoms with Crippen LogP contribution in [0.2, 0.25) is 0 Å². The van der Waals surface area contributed by atoms with Gasteiger partial charge in [0.15, 0.2) is 0 Å². The highest BCUT2D eigenvalue weighted by Gasteiger charge is 2.32. The quantitative estimate of drug-likeness (QED) is 0.161. The molecule has 47 heavy (non-hydrogen) atoms. The number of anilines is 1. The molecule has 0 radical (unpaired) electrons. The van der Waals surface area contributed by atoms with Gasteiger partial charge in [0.05, 0.1) is 12.3 Å². The lowest BCUT2D eigenvalue weighted by atomic mass is 9.91.